The van der Waals surface area contributed by atoms with Gasteiger partial charge in [-0.1, -0.05) is 19.8 Å². The lowest BCUT2D eigenvalue weighted by molar-refractivity contribution is -0.129. The first-order chi connectivity index (χ1) is 7.70. The fourth-order valence-corrected chi connectivity index (χ4v) is 3.06. The zero-order chi connectivity index (χ0) is 11.5. The average molecular weight is 225 g/mol. The number of aliphatic hydroxyl groups excluding tert-OH is 1. The quantitative estimate of drug-likeness (QED) is 0.728. The maximum absolute atomic E-state index is 11.9. The monoisotopic (exact) mass is 225 g/mol. The van der Waals surface area contributed by atoms with E-state index in [9.17, 15) is 4.79 Å². The van der Waals surface area contributed by atoms with E-state index in [1.807, 2.05) is 4.90 Å². The summed E-state index contributed by atoms with van der Waals surface area (Å²) in [5.41, 5.74) is 0. The van der Waals surface area contributed by atoms with Crippen LogP contribution in [-0.4, -0.2) is 35.1 Å². The Morgan fingerprint density at radius 1 is 1.31 bits per heavy atom. The van der Waals surface area contributed by atoms with E-state index in [2.05, 4.69) is 6.92 Å². The normalized spacial score (nSPS) is 36.5. The SMILES string of the molecule is CC1CCCC(N2CC(CO)CC2=O)CC1. The second kappa shape index (κ2) is 5.17. The molecule has 3 unspecified atom stereocenters. The van der Waals surface area contributed by atoms with Crippen LogP contribution in [0.25, 0.3) is 0 Å². The van der Waals surface area contributed by atoms with E-state index < -0.39 is 0 Å². The van der Waals surface area contributed by atoms with Gasteiger partial charge in [-0.05, 0) is 25.2 Å². The molecule has 1 heterocycles. The van der Waals surface area contributed by atoms with Crippen LogP contribution in [-0.2, 0) is 4.79 Å². The van der Waals surface area contributed by atoms with Gasteiger partial charge < -0.3 is 10.0 Å². The Morgan fingerprint density at radius 2 is 2.12 bits per heavy atom. The van der Waals surface area contributed by atoms with Gasteiger partial charge >= 0.3 is 0 Å². The largest absolute Gasteiger partial charge is 0.396 e. The number of amides is 1. The lowest BCUT2D eigenvalue weighted by Crippen LogP contribution is -2.36. The zero-order valence-electron chi connectivity index (χ0n) is 10.2. The van der Waals surface area contributed by atoms with E-state index in [0.29, 0.717) is 12.5 Å². The van der Waals surface area contributed by atoms with Gasteiger partial charge in [0.1, 0.15) is 0 Å². The summed E-state index contributed by atoms with van der Waals surface area (Å²) >= 11 is 0. The van der Waals surface area contributed by atoms with Crippen molar-refractivity contribution in [3.8, 4) is 0 Å². The van der Waals surface area contributed by atoms with E-state index >= 15 is 0 Å². The smallest absolute Gasteiger partial charge is 0.223 e. The number of nitrogens with zero attached hydrogens (tertiary/aromatic N) is 1. The van der Waals surface area contributed by atoms with Crippen molar-refractivity contribution >= 4 is 5.91 Å². The van der Waals surface area contributed by atoms with Crippen LogP contribution < -0.4 is 0 Å². The molecule has 16 heavy (non-hydrogen) atoms. The molecule has 0 spiro atoms. The van der Waals surface area contributed by atoms with Crippen LogP contribution in [0.2, 0.25) is 0 Å². The van der Waals surface area contributed by atoms with Crippen LogP contribution in [0.3, 0.4) is 0 Å². The minimum Gasteiger partial charge on any atom is -0.396 e. The van der Waals surface area contributed by atoms with Crippen LogP contribution in [0.15, 0.2) is 0 Å². The highest BCUT2D eigenvalue weighted by atomic mass is 16.3. The van der Waals surface area contributed by atoms with Crippen LogP contribution in [0.1, 0.15) is 45.4 Å². The third kappa shape index (κ3) is 2.57. The fourth-order valence-electron chi connectivity index (χ4n) is 3.06. The molecule has 1 amide bonds. The van der Waals surface area contributed by atoms with Crippen molar-refractivity contribution < 1.29 is 9.90 Å². The number of aliphatic hydroxyl groups is 1. The summed E-state index contributed by atoms with van der Waals surface area (Å²) in [5, 5.41) is 9.12. The Balaban J connectivity index is 1.94. The third-order valence-corrected chi connectivity index (χ3v) is 4.16. The molecule has 1 saturated heterocycles. The van der Waals surface area contributed by atoms with Crippen LogP contribution >= 0.6 is 0 Å². The molecule has 1 aliphatic carbocycles. The topological polar surface area (TPSA) is 40.5 Å². The van der Waals surface area contributed by atoms with Crippen LogP contribution in [0, 0.1) is 11.8 Å². The van der Waals surface area contributed by atoms with Crippen LogP contribution in [0.4, 0.5) is 0 Å². The number of rotatable bonds is 2. The van der Waals surface area contributed by atoms with Gasteiger partial charge in [0, 0.05) is 31.5 Å². The van der Waals surface area contributed by atoms with E-state index in [1.165, 1.54) is 19.3 Å². The van der Waals surface area contributed by atoms with Gasteiger partial charge in [-0.2, -0.15) is 0 Å². The van der Waals surface area contributed by atoms with Gasteiger partial charge in [0.15, 0.2) is 0 Å². The number of carbonyl (C=O) groups excluding carboxylic acids is 1. The molecule has 0 aromatic carbocycles. The van der Waals surface area contributed by atoms with Crippen molar-refractivity contribution in [1.29, 1.82) is 0 Å². The summed E-state index contributed by atoms with van der Waals surface area (Å²) in [7, 11) is 0. The van der Waals surface area contributed by atoms with Gasteiger partial charge in [-0.15, -0.1) is 0 Å². The molecular weight excluding hydrogens is 202 g/mol. The predicted molar refractivity (Wildman–Crippen MR) is 62.9 cm³/mol. The van der Waals surface area contributed by atoms with Gasteiger partial charge in [0.05, 0.1) is 0 Å². The maximum atomic E-state index is 11.9. The first kappa shape index (κ1) is 11.9. The van der Waals surface area contributed by atoms with Crippen molar-refractivity contribution in [2.45, 2.75) is 51.5 Å². The number of likely N-dealkylation sites (tertiary alicyclic amines) is 1. The summed E-state index contributed by atoms with van der Waals surface area (Å²) in [6.07, 6.45) is 6.68. The number of carbonyl (C=O) groups is 1. The summed E-state index contributed by atoms with van der Waals surface area (Å²) in [6, 6.07) is 0.453. The van der Waals surface area contributed by atoms with Crippen molar-refractivity contribution in [2.75, 3.05) is 13.2 Å². The molecule has 3 heteroatoms. The van der Waals surface area contributed by atoms with Gasteiger partial charge in [0.2, 0.25) is 5.91 Å². The van der Waals surface area contributed by atoms with Gasteiger partial charge in [0.25, 0.3) is 0 Å². The highest BCUT2D eigenvalue weighted by molar-refractivity contribution is 5.79. The van der Waals surface area contributed by atoms with Crippen LogP contribution in [0.5, 0.6) is 0 Å². The minimum absolute atomic E-state index is 0.158. The van der Waals surface area contributed by atoms with Crippen molar-refractivity contribution in [3.05, 3.63) is 0 Å². The molecule has 3 atom stereocenters. The molecule has 1 aliphatic heterocycles. The Bertz CT molecular complexity index is 254. The minimum atomic E-state index is 0.158. The molecule has 2 fully saturated rings. The Hall–Kier alpha value is -0.570. The Morgan fingerprint density at radius 3 is 2.81 bits per heavy atom. The molecule has 92 valence electrons. The molecule has 3 nitrogen and oxygen atoms in total. The van der Waals surface area contributed by atoms with Crippen molar-refractivity contribution in [2.24, 2.45) is 11.8 Å². The lowest BCUT2D eigenvalue weighted by Gasteiger charge is -2.27. The first-order valence-electron chi connectivity index (χ1n) is 6.61. The number of hydrogen-bond donors (Lipinski definition) is 1. The third-order valence-electron chi connectivity index (χ3n) is 4.16. The standard InChI is InChI=1S/C13H23NO2/c1-10-3-2-4-12(6-5-10)14-8-11(9-15)7-13(14)16/h10-12,15H,2-9H2,1H3. The van der Waals surface area contributed by atoms with Gasteiger partial charge in [-0.3, -0.25) is 4.79 Å². The average Bonchev–Trinajstić information content (AvgIpc) is 2.51. The molecule has 2 aliphatic rings. The van der Waals surface area contributed by atoms with Gasteiger partial charge in [-0.25, -0.2) is 0 Å². The summed E-state index contributed by atoms with van der Waals surface area (Å²) in [5.74, 6) is 1.27. The zero-order valence-corrected chi connectivity index (χ0v) is 10.2. The Kier molecular flexibility index (Phi) is 3.85. The maximum Gasteiger partial charge on any atom is 0.223 e. The molecule has 1 N–H and O–H groups in total. The van der Waals surface area contributed by atoms with Crippen molar-refractivity contribution in [1.82, 2.24) is 4.90 Å². The molecule has 0 radical (unpaired) electrons. The molecule has 2 rings (SSSR count). The molecule has 0 aromatic rings. The van der Waals surface area contributed by atoms with E-state index in [0.717, 1.165) is 25.3 Å². The highest BCUT2D eigenvalue weighted by Gasteiger charge is 2.34. The molecule has 1 saturated carbocycles. The summed E-state index contributed by atoms with van der Waals surface area (Å²) in [6.45, 7) is 3.25. The lowest BCUT2D eigenvalue weighted by atomic mass is 10.0. The summed E-state index contributed by atoms with van der Waals surface area (Å²) in [4.78, 5) is 13.9. The van der Waals surface area contributed by atoms with E-state index in [-0.39, 0.29) is 18.4 Å². The van der Waals surface area contributed by atoms with Crippen molar-refractivity contribution in [3.63, 3.8) is 0 Å². The second-order valence-electron chi connectivity index (χ2n) is 5.57. The Labute approximate surface area is 97.8 Å². The highest BCUT2D eigenvalue weighted by Crippen LogP contribution is 2.29. The predicted octanol–water partition coefficient (Wildman–Crippen LogP) is 1.80. The summed E-state index contributed by atoms with van der Waals surface area (Å²) < 4.78 is 0. The molecular formula is C13H23NO2. The first-order valence-corrected chi connectivity index (χ1v) is 6.61. The van der Waals surface area contributed by atoms with E-state index in [4.69, 9.17) is 5.11 Å². The molecule has 0 aromatic heterocycles. The molecule has 0 bridgehead atoms. The van der Waals surface area contributed by atoms with E-state index in [1.54, 1.807) is 0 Å². The fraction of sp³-hybridized carbons (Fsp3) is 0.923. The number of hydrogen-bond acceptors (Lipinski definition) is 2. The second-order valence-corrected chi connectivity index (χ2v) is 5.57.